The predicted molar refractivity (Wildman–Crippen MR) is 117 cm³/mol. The normalized spacial score (nSPS) is 10.7. The Morgan fingerprint density at radius 1 is 1.03 bits per heavy atom. The van der Waals surface area contributed by atoms with Crippen LogP contribution in [-0.4, -0.2) is 21.5 Å². The molecule has 3 rings (SSSR count). The smallest absolute Gasteiger partial charge is 0.190 e. The average molecular weight is 405 g/mol. The lowest BCUT2D eigenvalue weighted by Gasteiger charge is -2.09. The minimum Gasteiger partial charge on any atom is -0.382 e. The Balaban J connectivity index is 1.83. The molecule has 29 heavy (non-hydrogen) atoms. The van der Waals surface area contributed by atoms with Crippen LogP contribution in [0.15, 0.2) is 47.6 Å². The Labute approximate surface area is 175 Å². The van der Waals surface area contributed by atoms with Crippen molar-refractivity contribution in [1.29, 1.82) is 5.26 Å². The maximum atomic E-state index is 9.55. The average Bonchev–Trinajstić information content (AvgIpc) is 2.73. The van der Waals surface area contributed by atoms with E-state index in [4.69, 9.17) is 11.5 Å². The zero-order valence-corrected chi connectivity index (χ0v) is 17.2. The topological polar surface area (TPSA) is 114 Å². The third-order valence-corrected chi connectivity index (χ3v) is 5.35. The van der Waals surface area contributed by atoms with Crippen LogP contribution in [0, 0.1) is 18.3 Å². The first-order valence-electron chi connectivity index (χ1n) is 9.53. The first-order chi connectivity index (χ1) is 14.1. The number of aryl methyl sites for hydroxylation is 2. The Morgan fingerprint density at radius 2 is 1.83 bits per heavy atom. The lowest BCUT2D eigenvalue weighted by Crippen LogP contribution is -2.03. The van der Waals surface area contributed by atoms with Crippen molar-refractivity contribution in [3.05, 3.63) is 65.0 Å². The highest BCUT2D eigenvalue weighted by molar-refractivity contribution is 7.98. The number of anilines is 1. The van der Waals surface area contributed by atoms with Crippen LogP contribution >= 0.6 is 11.8 Å². The number of pyridine rings is 1. The summed E-state index contributed by atoms with van der Waals surface area (Å²) in [6, 6.07) is 16.1. The van der Waals surface area contributed by atoms with Gasteiger partial charge in [0.05, 0.1) is 11.4 Å². The molecule has 4 N–H and O–H groups in total. The van der Waals surface area contributed by atoms with Gasteiger partial charge in [-0.1, -0.05) is 42.1 Å². The van der Waals surface area contributed by atoms with Gasteiger partial charge in [0.25, 0.3) is 0 Å². The number of benzene rings is 1. The fraction of sp³-hybridized carbons (Fsp3) is 0.273. The van der Waals surface area contributed by atoms with Gasteiger partial charge in [-0.15, -0.1) is 0 Å². The van der Waals surface area contributed by atoms with E-state index >= 15 is 0 Å². The molecule has 0 atom stereocenters. The molecule has 0 fully saturated rings. The molecule has 0 bridgehead atoms. The molecule has 7 heteroatoms. The second-order valence-electron chi connectivity index (χ2n) is 6.73. The molecule has 0 radical (unpaired) electrons. The zero-order valence-electron chi connectivity index (χ0n) is 16.4. The summed E-state index contributed by atoms with van der Waals surface area (Å²) < 4.78 is 0. The van der Waals surface area contributed by atoms with E-state index in [9.17, 15) is 5.26 Å². The predicted octanol–water partition coefficient (Wildman–Crippen LogP) is 3.87. The molecule has 6 nitrogen and oxygen atoms in total. The third kappa shape index (κ3) is 5.53. The Bertz CT molecular complexity index is 1010. The first-order valence-corrected chi connectivity index (χ1v) is 10.5. The highest BCUT2D eigenvalue weighted by Gasteiger charge is 2.15. The fourth-order valence-electron chi connectivity index (χ4n) is 2.96. The molecule has 2 heterocycles. The lowest BCUT2D eigenvalue weighted by atomic mass is 10.0. The van der Waals surface area contributed by atoms with Crippen molar-refractivity contribution in [2.75, 3.05) is 12.3 Å². The monoisotopic (exact) mass is 404 g/mol. The number of nitrogen functional groups attached to an aromatic ring is 1. The second-order valence-corrected chi connectivity index (χ2v) is 7.67. The molecule has 0 saturated carbocycles. The van der Waals surface area contributed by atoms with Gasteiger partial charge in [0.2, 0.25) is 0 Å². The highest BCUT2D eigenvalue weighted by atomic mass is 32.2. The maximum Gasteiger partial charge on any atom is 0.190 e. The van der Waals surface area contributed by atoms with Crippen LogP contribution in [0.1, 0.15) is 35.4 Å². The standard InChI is InChI=1S/C22H24N6S/c1-15-5-4-7-18(26-15)14-29-22-27-20(19(13-24)21(25)28-22)17-10-8-16(9-11-17)6-2-3-12-23/h4-5,7-11H,2-3,6,12,14,23H2,1H3,(H2,25,27,28). The molecule has 0 aliphatic carbocycles. The molecule has 3 aromatic rings. The van der Waals surface area contributed by atoms with Gasteiger partial charge >= 0.3 is 0 Å². The summed E-state index contributed by atoms with van der Waals surface area (Å²) in [5.74, 6) is 0.830. The number of nitrogens with zero attached hydrogens (tertiary/aromatic N) is 4. The highest BCUT2D eigenvalue weighted by Crippen LogP contribution is 2.29. The van der Waals surface area contributed by atoms with Crippen LogP contribution in [0.3, 0.4) is 0 Å². The molecule has 0 aliphatic rings. The Morgan fingerprint density at radius 3 is 2.52 bits per heavy atom. The summed E-state index contributed by atoms with van der Waals surface area (Å²) in [5, 5.41) is 10.1. The largest absolute Gasteiger partial charge is 0.382 e. The summed E-state index contributed by atoms with van der Waals surface area (Å²) in [5.41, 5.74) is 16.5. The molecule has 148 valence electrons. The van der Waals surface area contributed by atoms with Gasteiger partial charge in [-0.25, -0.2) is 9.97 Å². The molecule has 2 aromatic heterocycles. The molecule has 1 aromatic carbocycles. The number of nitriles is 1. The van der Waals surface area contributed by atoms with Crippen molar-refractivity contribution in [2.45, 2.75) is 37.1 Å². The van der Waals surface area contributed by atoms with E-state index in [0.717, 1.165) is 36.2 Å². The number of rotatable bonds is 8. The van der Waals surface area contributed by atoms with Crippen LogP contribution in [0.25, 0.3) is 11.3 Å². The Kier molecular flexibility index (Phi) is 7.17. The van der Waals surface area contributed by atoms with Crippen LogP contribution in [0.5, 0.6) is 0 Å². The van der Waals surface area contributed by atoms with Crippen LogP contribution in [-0.2, 0) is 12.2 Å². The third-order valence-electron chi connectivity index (χ3n) is 4.47. The zero-order chi connectivity index (χ0) is 20.6. The summed E-state index contributed by atoms with van der Waals surface area (Å²) in [6.07, 6.45) is 3.06. The summed E-state index contributed by atoms with van der Waals surface area (Å²) in [6.45, 7) is 2.67. The SMILES string of the molecule is Cc1cccc(CSc2nc(N)c(C#N)c(-c3ccc(CCCCN)cc3)n2)n1. The van der Waals surface area contributed by atoms with Gasteiger partial charge in [-0.2, -0.15) is 5.26 Å². The second kappa shape index (κ2) is 10.0. The van der Waals surface area contributed by atoms with E-state index in [-0.39, 0.29) is 5.82 Å². The minimum absolute atomic E-state index is 0.198. The van der Waals surface area contributed by atoms with E-state index in [1.54, 1.807) is 0 Å². The van der Waals surface area contributed by atoms with Crippen molar-refractivity contribution >= 4 is 17.6 Å². The van der Waals surface area contributed by atoms with Gasteiger partial charge in [0.1, 0.15) is 17.5 Å². The molecule has 0 spiro atoms. The lowest BCUT2D eigenvalue weighted by molar-refractivity contribution is 0.745. The van der Waals surface area contributed by atoms with E-state index < -0.39 is 0 Å². The van der Waals surface area contributed by atoms with Gasteiger partial charge in [0.15, 0.2) is 5.16 Å². The van der Waals surface area contributed by atoms with E-state index in [1.165, 1.54) is 17.3 Å². The van der Waals surface area contributed by atoms with Crippen molar-refractivity contribution in [1.82, 2.24) is 15.0 Å². The van der Waals surface area contributed by atoms with Crippen LogP contribution < -0.4 is 11.5 Å². The van der Waals surface area contributed by atoms with Crippen LogP contribution in [0.4, 0.5) is 5.82 Å². The van der Waals surface area contributed by atoms with E-state index in [1.807, 2.05) is 37.3 Å². The van der Waals surface area contributed by atoms with Crippen molar-refractivity contribution in [3.8, 4) is 17.3 Å². The number of hydrogen-bond acceptors (Lipinski definition) is 7. The van der Waals surface area contributed by atoms with Gasteiger partial charge < -0.3 is 11.5 Å². The summed E-state index contributed by atoms with van der Waals surface area (Å²) >= 11 is 1.46. The molecule has 0 amide bonds. The Hall–Kier alpha value is -2.95. The number of unbranched alkanes of at least 4 members (excludes halogenated alkanes) is 1. The molecular formula is C22H24N6S. The van der Waals surface area contributed by atoms with Crippen molar-refractivity contribution in [2.24, 2.45) is 5.73 Å². The van der Waals surface area contributed by atoms with Gasteiger partial charge in [-0.05, 0) is 50.4 Å². The minimum atomic E-state index is 0.198. The van der Waals surface area contributed by atoms with Gasteiger partial charge in [-0.3, -0.25) is 4.98 Å². The molecule has 0 saturated heterocycles. The molecular weight excluding hydrogens is 380 g/mol. The van der Waals surface area contributed by atoms with E-state index in [0.29, 0.717) is 28.7 Å². The number of thioether (sulfide) groups is 1. The molecule has 0 unspecified atom stereocenters. The number of aromatic nitrogens is 3. The molecule has 0 aliphatic heterocycles. The first kappa shape index (κ1) is 20.8. The quantitative estimate of drug-likeness (QED) is 0.333. The van der Waals surface area contributed by atoms with Crippen molar-refractivity contribution < 1.29 is 0 Å². The summed E-state index contributed by atoms with van der Waals surface area (Å²) in [7, 11) is 0. The van der Waals surface area contributed by atoms with Crippen molar-refractivity contribution in [3.63, 3.8) is 0 Å². The number of nitrogens with two attached hydrogens (primary N) is 2. The van der Waals surface area contributed by atoms with Crippen LogP contribution in [0.2, 0.25) is 0 Å². The fourth-order valence-corrected chi connectivity index (χ4v) is 3.72. The van der Waals surface area contributed by atoms with Gasteiger partial charge in [0, 0.05) is 17.0 Å². The van der Waals surface area contributed by atoms with E-state index in [2.05, 4.69) is 33.2 Å². The maximum absolute atomic E-state index is 9.55. The number of hydrogen-bond donors (Lipinski definition) is 2. The summed E-state index contributed by atoms with van der Waals surface area (Å²) in [4.78, 5) is 13.4.